The van der Waals surface area contributed by atoms with Crippen molar-refractivity contribution < 1.29 is 23.6 Å². The molecule has 0 atom stereocenters. The number of aromatic nitrogens is 1. The van der Waals surface area contributed by atoms with Gasteiger partial charge in [0, 0.05) is 6.07 Å². The third-order valence-electron chi connectivity index (χ3n) is 2.56. The van der Waals surface area contributed by atoms with Crippen molar-refractivity contribution in [3.8, 4) is 0 Å². The quantitative estimate of drug-likeness (QED) is 0.801. The Balaban J connectivity index is 2.02. The average Bonchev–Trinajstić information content (AvgIpc) is 2.82. The molecule has 0 aliphatic rings. The summed E-state index contributed by atoms with van der Waals surface area (Å²) in [5.74, 6) is -1.47. The van der Waals surface area contributed by atoms with Gasteiger partial charge in [0.2, 0.25) is 0 Å². The molecule has 7 nitrogen and oxygen atoms in total. The number of aryl methyl sites for hydroxylation is 1. The molecule has 1 aromatic heterocycles. The van der Waals surface area contributed by atoms with Gasteiger partial charge in [-0.1, -0.05) is 5.16 Å². The first kappa shape index (κ1) is 14.5. The number of carboxylic acids is 1. The summed E-state index contributed by atoms with van der Waals surface area (Å²) >= 11 is 0. The molecular formula is C13H12FN3O4. The van der Waals surface area contributed by atoms with E-state index in [1.807, 2.05) is 0 Å². The second kappa shape index (κ2) is 6.04. The van der Waals surface area contributed by atoms with Crippen LogP contribution in [-0.4, -0.2) is 22.3 Å². The fraction of sp³-hybridized carbons (Fsp3) is 0.154. The van der Waals surface area contributed by atoms with Crippen molar-refractivity contribution in [2.24, 2.45) is 0 Å². The Morgan fingerprint density at radius 3 is 2.76 bits per heavy atom. The lowest BCUT2D eigenvalue weighted by atomic mass is 10.2. The molecular weight excluding hydrogens is 281 g/mol. The van der Waals surface area contributed by atoms with Crippen LogP contribution in [0, 0.1) is 12.7 Å². The van der Waals surface area contributed by atoms with Crippen LogP contribution in [0.25, 0.3) is 0 Å². The van der Waals surface area contributed by atoms with Crippen LogP contribution in [0.4, 0.5) is 14.9 Å². The Labute approximate surface area is 118 Å². The molecule has 8 heteroatoms. The first-order chi connectivity index (χ1) is 9.95. The number of urea groups is 1. The topological polar surface area (TPSA) is 104 Å². The minimum Gasteiger partial charge on any atom is -0.478 e. The van der Waals surface area contributed by atoms with Gasteiger partial charge in [-0.25, -0.2) is 14.0 Å². The number of carbonyl (C=O) groups is 2. The number of nitrogens with zero attached hydrogens (tertiary/aromatic N) is 1. The van der Waals surface area contributed by atoms with E-state index >= 15 is 0 Å². The lowest BCUT2D eigenvalue weighted by Crippen LogP contribution is -2.28. The van der Waals surface area contributed by atoms with Crippen molar-refractivity contribution in [3.05, 3.63) is 47.1 Å². The lowest BCUT2D eigenvalue weighted by Gasteiger charge is -2.09. The highest BCUT2D eigenvalue weighted by Gasteiger charge is 2.13. The Kier molecular flexibility index (Phi) is 4.17. The summed E-state index contributed by atoms with van der Waals surface area (Å²) < 4.78 is 18.0. The Morgan fingerprint density at radius 1 is 1.38 bits per heavy atom. The van der Waals surface area contributed by atoms with Crippen LogP contribution < -0.4 is 10.6 Å². The third-order valence-corrected chi connectivity index (χ3v) is 2.56. The number of benzene rings is 1. The molecule has 0 fully saturated rings. The molecule has 2 amide bonds. The van der Waals surface area contributed by atoms with E-state index < -0.39 is 17.8 Å². The van der Waals surface area contributed by atoms with Crippen LogP contribution in [0.1, 0.15) is 21.8 Å². The van der Waals surface area contributed by atoms with Crippen LogP contribution in [-0.2, 0) is 6.54 Å². The molecule has 0 spiro atoms. The van der Waals surface area contributed by atoms with Crippen LogP contribution in [0.5, 0.6) is 0 Å². The maximum Gasteiger partial charge on any atom is 0.337 e. The molecule has 0 bridgehead atoms. The van der Waals surface area contributed by atoms with E-state index in [1.165, 1.54) is 0 Å². The maximum absolute atomic E-state index is 13.1. The molecule has 0 aliphatic carbocycles. The number of anilines is 1. The zero-order valence-corrected chi connectivity index (χ0v) is 11.0. The minimum atomic E-state index is -1.27. The molecule has 0 unspecified atom stereocenters. The number of carboxylic acid groups (broad SMARTS) is 1. The summed E-state index contributed by atoms with van der Waals surface area (Å²) in [5.41, 5.74) is 0.335. The molecule has 2 rings (SSSR count). The molecule has 0 aliphatic heterocycles. The number of carbonyl (C=O) groups excluding carboxylic acids is 1. The van der Waals surface area contributed by atoms with Crippen LogP contribution in [0.3, 0.4) is 0 Å². The summed E-state index contributed by atoms with van der Waals surface area (Å²) in [6.45, 7) is 1.81. The highest BCUT2D eigenvalue weighted by Crippen LogP contribution is 2.17. The smallest absolute Gasteiger partial charge is 0.337 e. The van der Waals surface area contributed by atoms with Crippen molar-refractivity contribution in [2.75, 3.05) is 5.32 Å². The molecule has 21 heavy (non-hydrogen) atoms. The van der Waals surface area contributed by atoms with Crippen LogP contribution >= 0.6 is 0 Å². The number of rotatable bonds is 4. The Morgan fingerprint density at radius 2 is 2.14 bits per heavy atom. The SMILES string of the molecule is Cc1cc(CNC(=O)Nc2cc(F)ccc2C(=O)O)on1. The van der Waals surface area contributed by atoms with Gasteiger partial charge in [-0.2, -0.15) is 0 Å². The maximum atomic E-state index is 13.1. The predicted molar refractivity (Wildman–Crippen MR) is 70.5 cm³/mol. The van der Waals surface area contributed by atoms with E-state index in [4.69, 9.17) is 9.63 Å². The zero-order chi connectivity index (χ0) is 15.4. The summed E-state index contributed by atoms with van der Waals surface area (Å²) in [5, 5.41) is 17.3. The van der Waals surface area contributed by atoms with Gasteiger partial charge in [0.05, 0.1) is 23.5 Å². The molecule has 110 valence electrons. The standard InChI is InChI=1S/C13H12FN3O4/c1-7-4-9(21-17-7)6-15-13(20)16-11-5-8(14)2-3-10(11)12(18)19/h2-5H,6H2,1H3,(H,18,19)(H2,15,16,20). The van der Waals surface area contributed by atoms with Crippen molar-refractivity contribution in [2.45, 2.75) is 13.5 Å². The summed E-state index contributed by atoms with van der Waals surface area (Å²) in [6, 6.07) is 3.97. The first-order valence-corrected chi connectivity index (χ1v) is 5.95. The average molecular weight is 293 g/mol. The van der Waals surface area contributed by atoms with Gasteiger partial charge < -0.3 is 20.3 Å². The van der Waals surface area contributed by atoms with Crippen LogP contribution in [0.2, 0.25) is 0 Å². The second-order valence-corrected chi connectivity index (χ2v) is 4.24. The molecule has 1 aromatic carbocycles. The summed E-state index contributed by atoms with van der Waals surface area (Å²) in [4.78, 5) is 22.7. The van der Waals surface area contributed by atoms with E-state index in [0.717, 1.165) is 18.2 Å². The third kappa shape index (κ3) is 3.78. The van der Waals surface area contributed by atoms with Gasteiger partial charge in [0.1, 0.15) is 5.82 Å². The summed E-state index contributed by atoms with van der Waals surface area (Å²) in [7, 11) is 0. The second-order valence-electron chi connectivity index (χ2n) is 4.24. The number of hydrogen-bond acceptors (Lipinski definition) is 4. The number of halogens is 1. The van der Waals surface area contributed by atoms with E-state index in [9.17, 15) is 14.0 Å². The van der Waals surface area contributed by atoms with Gasteiger partial charge in [0.25, 0.3) is 0 Å². The van der Waals surface area contributed by atoms with Crippen molar-refractivity contribution in [3.63, 3.8) is 0 Å². The Bertz CT molecular complexity index is 684. The molecule has 2 aromatic rings. The monoisotopic (exact) mass is 293 g/mol. The fourth-order valence-corrected chi connectivity index (χ4v) is 1.64. The van der Waals surface area contributed by atoms with Gasteiger partial charge in [-0.05, 0) is 25.1 Å². The lowest BCUT2D eigenvalue weighted by molar-refractivity contribution is 0.0698. The van der Waals surface area contributed by atoms with E-state index in [1.54, 1.807) is 13.0 Å². The van der Waals surface area contributed by atoms with E-state index in [0.29, 0.717) is 11.5 Å². The van der Waals surface area contributed by atoms with E-state index in [-0.39, 0.29) is 17.8 Å². The largest absolute Gasteiger partial charge is 0.478 e. The van der Waals surface area contributed by atoms with Crippen molar-refractivity contribution >= 4 is 17.7 Å². The normalized spacial score (nSPS) is 10.2. The first-order valence-electron chi connectivity index (χ1n) is 5.95. The summed E-state index contributed by atoms with van der Waals surface area (Å²) in [6.07, 6.45) is 0. The highest BCUT2D eigenvalue weighted by molar-refractivity contribution is 5.99. The highest BCUT2D eigenvalue weighted by atomic mass is 19.1. The molecule has 0 radical (unpaired) electrons. The van der Waals surface area contributed by atoms with Gasteiger partial charge in [-0.3, -0.25) is 0 Å². The number of amides is 2. The minimum absolute atomic E-state index is 0.0738. The zero-order valence-electron chi connectivity index (χ0n) is 11.0. The predicted octanol–water partition coefficient (Wildman–Crippen LogP) is 2.14. The molecule has 0 saturated carbocycles. The fourth-order valence-electron chi connectivity index (χ4n) is 1.64. The van der Waals surface area contributed by atoms with Gasteiger partial charge in [-0.15, -0.1) is 0 Å². The van der Waals surface area contributed by atoms with Crippen molar-refractivity contribution in [1.82, 2.24) is 10.5 Å². The number of nitrogens with one attached hydrogen (secondary N) is 2. The molecule has 3 N–H and O–H groups in total. The Hall–Kier alpha value is -2.90. The number of hydrogen-bond donors (Lipinski definition) is 3. The van der Waals surface area contributed by atoms with Gasteiger partial charge >= 0.3 is 12.0 Å². The molecule has 1 heterocycles. The van der Waals surface area contributed by atoms with E-state index in [2.05, 4.69) is 15.8 Å². The van der Waals surface area contributed by atoms with Crippen LogP contribution in [0.15, 0.2) is 28.8 Å². The number of aromatic carboxylic acids is 1. The van der Waals surface area contributed by atoms with Crippen molar-refractivity contribution in [1.29, 1.82) is 0 Å². The molecule has 0 saturated heterocycles. The van der Waals surface area contributed by atoms with Gasteiger partial charge in [0.15, 0.2) is 5.76 Å².